The summed E-state index contributed by atoms with van der Waals surface area (Å²) >= 11 is 0. The van der Waals surface area contributed by atoms with Crippen LogP contribution in [0, 0.1) is 0 Å². The zero-order chi connectivity index (χ0) is 24.3. The standard InChI is InChI=1S/C21H30O12/c1-2-3-9-4-5-11(10(23)6-9)31-21-19(29)17(27)15(25)13(33-21)8-30-20-18(28)16(26)14(24)12(7-22)32-20/h2,4-6,12-29H,1,3,7-8H2/t12-,13-,14-,15-,16+,17+,18-,19-,20-,21-/m1/s1. The second kappa shape index (κ2) is 11.1. The van der Waals surface area contributed by atoms with Gasteiger partial charge in [-0.1, -0.05) is 12.1 Å². The highest BCUT2D eigenvalue weighted by Crippen LogP contribution is 2.32. The number of hydrogen-bond donors (Lipinski definition) is 8. The van der Waals surface area contributed by atoms with Crippen LogP contribution in [-0.2, 0) is 20.6 Å². The molecule has 1 aromatic carbocycles. The molecule has 0 aliphatic carbocycles. The third-order valence-electron chi connectivity index (χ3n) is 5.59. The van der Waals surface area contributed by atoms with Gasteiger partial charge in [-0.05, 0) is 24.1 Å². The van der Waals surface area contributed by atoms with Crippen LogP contribution in [0.15, 0.2) is 30.9 Å². The SMILES string of the molecule is C=CCc1ccc(O[C@@H]2O[C@H](CO[C@@H]3O[C@H](CO)[C@@H](O)[C@H](O)[C@H]3O)[C@@H](O)[C@H](O)[C@H]2O)c(O)c1. The topological polar surface area (TPSA) is 199 Å². The van der Waals surface area contributed by atoms with Crippen LogP contribution in [0.2, 0.25) is 0 Å². The Hall–Kier alpha value is -1.84. The number of allylic oxidation sites excluding steroid dienone is 1. The van der Waals surface area contributed by atoms with Crippen LogP contribution in [0.4, 0.5) is 0 Å². The summed E-state index contributed by atoms with van der Waals surface area (Å²) in [5.41, 5.74) is 0.765. The number of aliphatic hydroxyl groups excluding tert-OH is 7. The number of ether oxygens (including phenoxy) is 4. The third-order valence-corrected chi connectivity index (χ3v) is 5.59. The van der Waals surface area contributed by atoms with Crippen molar-refractivity contribution in [3.8, 4) is 11.5 Å². The molecule has 0 spiro atoms. The molecular formula is C21H30O12. The Morgan fingerprint density at radius 3 is 2.06 bits per heavy atom. The second-order valence-electron chi connectivity index (χ2n) is 7.96. The molecule has 2 fully saturated rings. The molecule has 0 bridgehead atoms. The molecule has 12 nitrogen and oxygen atoms in total. The van der Waals surface area contributed by atoms with Crippen molar-refractivity contribution in [3.63, 3.8) is 0 Å². The molecule has 1 aromatic rings. The van der Waals surface area contributed by atoms with E-state index in [9.17, 15) is 40.9 Å². The summed E-state index contributed by atoms with van der Waals surface area (Å²) in [4.78, 5) is 0. The summed E-state index contributed by atoms with van der Waals surface area (Å²) in [6, 6.07) is 4.55. The maximum Gasteiger partial charge on any atom is 0.229 e. The molecule has 0 radical (unpaired) electrons. The lowest BCUT2D eigenvalue weighted by atomic mass is 9.98. The Morgan fingerprint density at radius 1 is 0.848 bits per heavy atom. The normalized spacial score (nSPS) is 39.2. The van der Waals surface area contributed by atoms with Crippen LogP contribution in [0.5, 0.6) is 11.5 Å². The number of rotatable bonds is 8. The minimum Gasteiger partial charge on any atom is -0.504 e. The van der Waals surface area contributed by atoms with E-state index in [0.29, 0.717) is 6.42 Å². The smallest absolute Gasteiger partial charge is 0.229 e. The van der Waals surface area contributed by atoms with Crippen molar-refractivity contribution >= 4 is 0 Å². The lowest BCUT2D eigenvalue weighted by Crippen LogP contribution is -2.62. The van der Waals surface area contributed by atoms with Crippen LogP contribution in [0.3, 0.4) is 0 Å². The molecule has 10 atom stereocenters. The summed E-state index contributed by atoms with van der Waals surface area (Å²) in [5.74, 6) is -0.274. The van der Waals surface area contributed by atoms with E-state index in [1.807, 2.05) is 0 Å². The molecule has 8 N–H and O–H groups in total. The molecule has 12 heteroatoms. The molecule has 0 unspecified atom stereocenters. The van der Waals surface area contributed by atoms with Gasteiger partial charge in [-0.2, -0.15) is 0 Å². The number of aromatic hydroxyl groups is 1. The molecule has 0 aromatic heterocycles. The highest BCUT2D eigenvalue weighted by Gasteiger charge is 2.48. The Labute approximate surface area is 189 Å². The van der Waals surface area contributed by atoms with Crippen molar-refractivity contribution in [2.75, 3.05) is 13.2 Å². The van der Waals surface area contributed by atoms with E-state index in [0.717, 1.165) is 5.56 Å². The number of benzene rings is 1. The highest BCUT2D eigenvalue weighted by atomic mass is 16.7. The monoisotopic (exact) mass is 474 g/mol. The molecule has 3 rings (SSSR count). The van der Waals surface area contributed by atoms with Crippen molar-refractivity contribution in [2.45, 2.75) is 67.8 Å². The van der Waals surface area contributed by atoms with Crippen molar-refractivity contribution < 1.29 is 59.8 Å². The molecular weight excluding hydrogens is 444 g/mol. The summed E-state index contributed by atoms with van der Waals surface area (Å²) in [6.07, 6.45) is -13.2. The van der Waals surface area contributed by atoms with Gasteiger partial charge in [-0.25, -0.2) is 0 Å². The zero-order valence-electron chi connectivity index (χ0n) is 17.6. The van der Waals surface area contributed by atoms with E-state index in [1.165, 1.54) is 12.1 Å². The Morgan fingerprint density at radius 2 is 1.45 bits per heavy atom. The largest absolute Gasteiger partial charge is 0.504 e. The average Bonchev–Trinajstić information content (AvgIpc) is 2.80. The summed E-state index contributed by atoms with van der Waals surface area (Å²) in [5, 5.41) is 79.9. The number of aliphatic hydroxyl groups is 7. The van der Waals surface area contributed by atoms with Gasteiger partial charge in [0.15, 0.2) is 17.8 Å². The van der Waals surface area contributed by atoms with E-state index < -0.39 is 74.6 Å². The van der Waals surface area contributed by atoms with Crippen LogP contribution in [0.1, 0.15) is 5.56 Å². The van der Waals surface area contributed by atoms with E-state index >= 15 is 0 Å². The first kappa shape index (κ1) is 25.8. The van der Waals surface area contributed by atoms with Gasteiger partial charge >= 0.3 is 0 Å². The average molecular weight is 474 g/mol. The predicted molar refractivity (Wildman–Crippen MR) is 109 cm³/mol. The maximum atomic E-state index is 10.3. The van der Waals surface area contributed by atoms with Gasteiger partial charge < -0.3 is 59.8 Å². The molecule has 33 heavy (non-hydrogen) atoms. The predicted octanol–water partition coefficient (Wildman–Crippen LogP) is -2.88. The molecule has 0 saturated carbocycles. The van der Waals surface area contributed by atoms with Crippen LogP contribution >= 0.6 is 0 Å². The molecule has 2 saturated heterocycles. The molecule has 2 heterocycles. The summed E-state index contributed by atoms with van der Waals surface area (Å²) < 4.78 is 21.6. The zero-order valence-corrected chi connectivity index (χ0v) is 17.6. The van der Waals surface area contributed by atoms with Crippen LogP contribution in [-0.4, -0.2) is 115 Å². The van der Waals surface area contributed by atoms with Gasteiger partial charge in [-0.15, -0.1) is 6.58 Å². The fourth-order valence-corrected chi connectivity index (χ4v) is 3.63. The van der Waals surface area contributed by atoms with Crippen molar-refractivity contribution in [2.24, 2.45) is 0 Å². The van der Waals surface area contributed by atoms with Gasteiger partial charge in [0.2, 0.25) is 6.29 Å². The van der Waals surface area contributed by atoms with Gasteiger partial charge in [0.05, 0.1) is 13.2 Å². The van der Waals surface area contributed by atoms with Crippen molar-refractivity contribution in [1.29, 1.82) is 0 Å². The van der Waals surface area contributed by atoms with Gasteiger partial charge in [0, 0.05) is 0 Å². The first-order chi connectivity index (χ1) is 15.7. The number of phenols is 1. The Kier molecular flexibility index (Phi) is 8.64. The third kappa shape index (κ3) is 5.63. The summed E-state index contributed by atoms with van der Waals surface area (Å²) in [7, 11) is 0. The van der Waals surface area contributed by atoms with E-state index in [1.54, 1.807) is 12.1 Å². The number of phenolic OH excluding ortho intramolecular Hbond substituents is 1. The van der Waals surface area contributed by atoms with E-state index in [2.05, 4.69) is 6.58 Å². The molecule has 186 valence electrons. The minimum atomic E-state index is -1.70. The maximum absolute atomic E-state index is 10.3. The van der Waals surface area contributed by atoms with Crippen molar-refractivity contribution in [1.82, 2.24) is 0 Å². The van der Waals surface area contributed by atoms with Crippen molar-refractivity contribution in [3.05, 3.63) is 36.4 Å². The fourth-order valence-electron chi connectivity index (χ4n) is 3.63. The van der Waals surface area contributed by atoms with Crippen LogP contribution < -0.4 is 4.74 Å². The van der Waals surface area contributed by atoms with Gasteiger partial charge in [0.1, 0.15) is 48.8 Å². The van der Waals surface area contributed by atoms with Gasteiger partial charge in [0.25, 0.3) is 0 Å². The first-order valence-electron chi connectivity index (χ1n) is 10.4. The Bertz CT molecular complexity index is 789. The Balaban J connectivity index is 1.66. The quantitative estimate of drug-likeness (QED) is 0.179. The molecule has 2 aliphatic rings. The lowest BCUT2D eigenvalue weighted by Gasteiger charge is -2.42. The van der Waals surface area contributed by atoms with E-state index in [4.69, 9.17) is 18.9 Å². The molecule has 0 amide bonds. The first-order valence-corrected chi connectivity index (χ1v) is 10.4. The fraction of sp³-hybridized carbons (Fsp3) is 0.619. The van der Waals surface area contributed by atoms with Gasteiger partial charge in [-0.3, -0.25) is 0 Å². The minimum absolute atomic E-state index is 0.0379. The highest BCUT2D eigenvalue weighted by molar-refractivity contribution is 5.42. The van der Waals surface area contributed by atoms with Crippen LogP contribution in [0.25, 0.3) is 0 Å². The molecule has 2 aliphatic heterocycles. The second-order valence-corrected chi connectivity index (χ2v) is 7.96. The number of hydrogen-bond acceptors (Lipinski definition) is 12. The van der Waals surface area contributed by atoms with E-state index in [-0.39, 0.29) is 11.5 Å². The summed E-state index contributed by atoms with van der Waals surface area (Å²) in [6.45, 7) is 2.48. The lowest BCUT2D eigenvalue weighted by molar-refractivity contribution is -0.323.